The van der Waals surface area contributed by atoms with Crippen molar-refractivity contribution in [2.24, 2.45) is 0 Å². The van der Waals surface area contributed by atoms with Crippen molar-refractivity contribution in [3.63, 3.8) is 0 Å². The molecule has 2 aromatic rings. The number of halogens is 2. The molecule has 6 nitrogen and oxygen atoms in total. The second-order valence-corrected chi connectivity index (χ2v) is 9.85. The van der Waals surface area contributed by atoms with Crippen LogP contribution in [0.1, 0.15) is 0 Å². The Labute approximate surface area is 178 Å². The van der Waals surface area contributed by atoms with Crippen molar-refractivity contribution in [3.05, 3.63) is 58.0 Å². The molecule has 0 unspecified atom stereocenters. The van der Waals surface area contributed by atoms with Gasteiger partial charge in [0.05, 0.1) is 11.9 Å². The number of nitrogens with zero attached hydrogens (tertiary/aromatic N) is 3. The monoisotopic (exact) mass is 485 g/mol. The summed E-state index contributed by atoms with van der Waals surface area (Å²) < 4.78 is 26.4. The smallest absolute Gasteiger partial charge is 0.243 e. The Hall–Kier alpha value is -1.77. The van der Waals surface area contributed by atoms with E-state index in [1.165, 1.54) is 0 Å². The zero-order chi connectivity index (χ0) is 20.3. The van der Waals surface area contributed by atoms with E-state index in [1.807, 2.05) is 24.3 Å². The molecule has 1 fully saturated rings. The predicted molar refractivity (Wildman–Crippen MR) is 117 cm³/mol. The lowest BCUT2D eigenvalue weighted by Crippen LogP contribution is -2.52. The second-order valence-electron chi connectivity index (χ2n) is 6.59. The van der Waals surface area contributed by atoms with Crippen molar-refractivity contribution in [1.29, 1.82) is 0 Å². The van der Waals surface area contributed by atoms with E-state index in [4.69, 9.17) is 11.6 Å². The molecular weight excluding hydrogens is 466 g/mol. The molecule has 1 aliphatic heterocycles. The summed E-state index contributed by atoms with van der Waals surface area (Å²) in [4.78, 5) is 16.6. The van der Waals surface area contributed by atoms with Gasteiger partial charge >= 0.3 is 0 Å². The highest BCUT2D eigenvalue weighted by Crippen LogP contribution is 2.23. The van der Waals surface area contributed by atoms with Crippen molar-refractivity contribution >= 4 is 54.8 Å². The number of hydrogen-bond acceptors (Lipinski definition) is 4. The molecule has 1 heterocycles. The number of piperazine rings is 1. The second kappa shape index (κ2) is 8.71. The molecule has 0 spiro atoms. The van der Waals surface area contributed by atoms with Gasteiger partial charge in [-0.05, 0) is 42.5 Å². The lowest BCUT2D eigenvalue weighted by atomic mass is 10.2. The average molecular weight is 487 g/mol. The van der Waals surface area contributed by atoms with Crippen LogP contribution in [0.3, 0.4) is 0 Å². The van der Waals surface area contributed by atoms with Gasteiger partial charge in [-0.15, -0.1) is 0 Å². The minimum absolute atomic E-state index is 0.209. The molecule has 1 aliphatic rings. The fourth-order valence-corrected chi connectivity index (χ4v) is 4.42. The third-order valence-corrected chi connectivity index (χ3v) is 6.50. The fraction of sp³-hybridized carbons (Fsp3) is 0.316. The molecule has 0 saturated carbocycles. The highest BCUT2D eigenvalue weighted by molar-refractivity contribution is 9.10. The molecule has 0 radical (unpaired) electrons. The summed E-state index contributed by atoms with van der Waals surface area (Å²) in [6.45, 7) is 2.19. The lowest BCUT2D eigenvalue weighted by molar-refractivity contribution is -0.129. The van der Waals surface area contributed by atoms with Gasteiger partial charge in [0.2, 0.25) is 15.9 Å². The molecule has 2 aromatic carbocycles. The molecule has 1 saturated heterocycles. The summed E-state index contributed by atoms with van der Waals surface area (Å²) in [6, 6.07) is 14.5. The number of hydrogen-bond donors (Lipinski definition) is 0. The van der Waals surface area contributed by atoms with E-state index >= 15 is 0 Å². The van der Waals surface area contributed by atoms with E-state index in [2.05, 4.69) is 20.8 Å². The van der Waals surface area contributed by atoms with Crippen LogP contribution in [0.4, 0.5) is 11.4 Å². The summed E-state index contributed by atoms with van der Waals surface area (Å²) in [5.41, 5.74) is 1.49. The minimum Gasteiger partial charge on any atom is -0.368 e. The van der Waals surface area contributed by atoms with Gasteiger partial charge in [-0.25, -0.2) is 8.42 Å². The SMILES string of the molecule is CS(=O)(=O)N(CC(=O)N1CCN(c2cccc(Cl)c2)CC1)c1ccc(Br)cc1. The van der Waals surface area contributed by atoms with Gasteiger partial charge < -0.3 is 9.80 Å². The number of carbonyl (C=O) groups excluding carboxylic acids is 1. The molecule has 0 atom stereocenters. The summed E-state index contributed by atoms with van der Waals surface area (Å²) >= 11 is 9.39. The summed E-state index contributed by atoms with van der Waals surface area (Å²) in [5, 5.41) is 0.675. The van der Waals surface area contributed by atoms with Crippen LogP contribution in [0.5, 0.6) is 0 Å². The van der Waals surface area contributed by atoms with Crippen LogP contribution in [0, 0.1) is 0 Å². The van der Waals surface area contributed by atoms with Crippen molar-refractivity contribution < 1.29 is 13.2 Å². The van der Waals surface area contributed by atoms with E-state index < -0.39 is 10.0 Å². The molecule has 1 amide bonds. The van der Waals surface area contributed by atoms with Crippen LogP contribution >= 0.6 is 27.5 Å². The Morgan fingerprint density at radius 1 is 1.11 bits per heavy atom. The molecule has 0 bridgehead atoms. The first-order chi connectivity index (χ1) is 13.2. The van der Waals surface area contributed by atoms with Gasteiger partial charge in [-0.3, -0.25) is 9.10 Å². The standard InChI is InChI=1S/C19H21BrClN3O3S/c1-28(26,27)24(17-7-5-15(20)6-8-17)14-19(25)23-11-9-22(10-12-23)18-4-2-3-16(21)13-18/h2-8,13H,9-12,14H2,1H3. The summed E-state index contributed by atoms with van der Waals surface area (Å²) in [6.07, 6.45) is 1.11. The van der Waals surface area contributed by atoms with E-state index in [0.717, 1.165) is 20.7 Å². The predicted octanol–water partition coefficient (Wildman–Crippen LogP) is 3.22. The first-order valence-electron chi connectivity index (χ1n) is 8.75. The maximum atomic E-state index is 12.8. The number of anilines is 2. The quantitative estimate of drug-likeness (QED) is 0.651. The van der Waals surface area contributed by atoms with Crippen LogP contribution in [0.2, 0.25) is 5.02 Å². The van der Waals surface area contributed by atoms with Crippen LogP contribution < -0.4 is 9.21 Å². The molecule has 3 rings (SSSR count). The van der Waals surface area contributed by atoms with E-state index in [1.54, 1.807) is 29.2 Å². The van der Waals surface area contributed by atoms with Crippen molar-refractivity contribution in [2.45, 2.75) is 0 Å². The average Bonchev–Trinajstić information content (AvgIpc) is 2.66. The third-order valence-electron chi connectivity index (χ3n) is 4.60. The Balaban J connectivity index is 1.66. The molecule has 0 aliphatic carbocycles. The van der Waals surface area contributed by atoms with Gasteiger partial charge in [0.1, 0.15) is 6.54 Å². The fourth-order valence-electron chi connectivity index (χ4n) is 3.12. The molecule has 28 heavy (non-hydrogen) atoms. The van der Waals surface area contributed by atoms with Gasteiger partial charge in [-0.1, -0.05) is 33.6 Å². The van der Waals surface area contributed by atoms with Gasteiger partial charge in [0.15, 0.2) is 0 Å². The van der Waals surface area contributed by atoms with Crippen molar-refractivity contribution in [3.8, 4) is 0 Å². The Morgan fingerprint density at radius 3 is 2.32 bits per heavy atom. The zero-order valence-corrected chi connectivity index (χ0v) is 18.5. The first-order valence-corrected chi connectivity index (χ1v) is 11.8. The number of sulfonamides is 1. The van der Waals surface area contributed by atoms with Crippen LogP contribution in [0.15, 0.2) is 53.0 Å². The third kappa shape index (κ3) is 5.18. The first kappa shape index (κ1) is 21.0. The van der Waals surface area contributed by atoms with Gasteiger partial charge in [-0.2, -0.15) is 0 Å². The molecule has 0 aromatic heterocycles. The van der Waals surface area contributed by atoms with Crippen LogP contribution in [0.25, 0.3) is 0 Å². The normalized spacial score (nSPS) is 14.8. The van der Waals surface area contributed by atoms with Crippen LogP contribution in [-0.4, -0.2) is 58.2 Å². The highest BCUT2D eigenvalue weighted by atomic mass is 79.9. The molecule has 0 N–H and O–H groups in total. The summed E-state index contributed by atoms with van der Waals surface area (Å²) in [5.74, 6) is -0.209. The maximum absolute atomic E-state index is 12.8. The van der Waals surface area contributed by atoms with E-state index in [9.17, 15) is 13.2 Å². The Bertz CT molecular complexity index is 945. The van der Waals surface area contributed by atoms with Gasteiger partial charge in [0, 0.05) is 41.4 Å². The number of amides is 1. The van der Waals surface area contributed by atoms with E-state index in [0.29, 0.717) is 36.9 Å². The van der Waals surface area contributed by atoms with Crippen molar-refractivity contribution in [2.75, 3.05) is 48.2 Å². The molecular formula is C19H21BrClN3O3S. The Morgan fingerprint density at radius 2 is 1.75 bits per heavy atom. The summed E-state index contributed by atoms with van der Waals surface area (Å²) in [7, 11) is -3.58. The Kier molecular flexibility index (Phi) is 6.52. The lowest BCUT2D eigenvalue weighted by Gasteiger charge is -2.37. The number of rotatable bonds is 5. The van der Waals surface area contributed by atoms with E-state index in [-0.39, 0.29) is 12.5 Å². The molecule has 9 heteroatoms. The van der Waals surface area contributed by atoms with Gasteiger partial charge in [0.25, 0.3) is 0 Å². The molecule has 150 valence electrons. The highest BCUT2D eigenvalue weighted by Gasteiger charge is 2.26. The number of benzene rings is 2. The zero-order valence-electron chi connectivity index (χ0n) is 15.4. The topological polar surface area (TPSA) is 60.9 Å². The van der Waals surface area contributed by atoms with Crippen molar-refractivity contribution in [1.82, 2.24) is 4.90 Å². The minimum atomic E-state index is -3.58. The van der Waals surface area contributed by atoms with Crippen LogP contribution in [-0.2, 0) is 14.8 Å². The largest absolute Gasteiger partial charge is 0.368 e. The number of carbonyl (C=O) groups is 1. The maximum Gasteiger partial charge on any atom is 0.243 e.